The lowest BCUT2D eigenvalue weighted by molar-refractivity contribution is 0.529. The van der Waals surface area contributed by atoms with Crippen LogP contribution in [0.15, 0.2) is 18.2 Å². The molecule has 1 aromatic carbocycles. The molecule has 3 nitrogen and oxygen atoms in total. The highest BCUT2D eigenvalue weighted by molar-refractivity contribution is 5.74. The van der Waals surface area contributed by atoms with Gasteiger partial charge >= 0.3 is 0 Å². The lowest BCUT2D eigenvalue weighted by Gasteiger charge is -2.33. The molecule has 0 spiro atoms. The fraction of sp³-hybridized carbons (Fsp3) is 0.588. The molecular weight excluding hydrogens is 246 g/mol. The van der Waals surface area contributed by atoms with Crippen LogP contribution in [0.3, 0.4) is 0 Å². The molecule has 1 saturated carbocycles. The maximum atomic E-state index is 9.16. The van der Waals surface area contributed by atoms with Crippen LogP contribution in [0.25, 0.3) is 0 Å². The molecule has 0 aliphatic heterocycles. The van der Waals surface area contributed by atoms with Crippen LogP contribution >= 0.6 is 0 Å². The second-order valence-electron chi connectivity index (χ2n) is 6.16. The molecular formula is C17H25N3. The lowest BCUT2D eigenvalue weighted by Crippen LogP contribution is -2.35. The number of nitrogen functional groups attached to an aromatic ring is 1. The van der Waals surface area contributed by atoms with Gasteiger partial charge in [0.05, 0.1) is 16.9 Å². The Bertz CT molecular complexity index is 481. The van der Waals surface area contributed by atoms with Crippen LogP contribution in [0.4, 0.5) is 11.4 Å². The van der Waals surface area contributed by atoms with Crippen LogP contribution in [0, 0.1) is 17.2 Å². The zero-order valence-electron chi connectivity index (χ0n) is 12.6. The molecule has 108 valence electrons. The van der Waals surface area contributed by atoms with E-state index >= 15 is 0 Å². The monoisotopic (exact) mass is 271 g/mol. The number of para-hydroxylation sites is 1. The van der Waals surface area contributed by atoms with E-state index in [0.717, 1.165) is 18.7 Å². The fourth-order valence-electron chi connectivity index (χ4n) is 3.01. The Morgan fingerprint density at radius 3 is 2.65 bits per heavy atom. The zero-order valence-corrected chi connectivity index (χ0v) is 12.6. The summed E-state index contributed by atoms with van der Waals surface area (Å²) in [5.74, 6) is 0.680. The van der Waals surface area contributed by atoms with Crippen molar-refractivity contribution < 1.29 is 0 Å². The first-order chi connectivity index (χ1) is 9.63. The highest BCUT2D eigenvalue weighted by Crippen LogP contribution is 2.33. The summed E-state index contributed by atoms with van der Waals surface area (Å²) >= 11 is 0. The van der Waals surface area contributed by atoms with Gasteiger partial charge in [-0.25, -0.2) is 0 Å². The molecule has 0 radical (unpaired) electrons. The van der Waals surface area contributed by atoms with Crippen molar-refractivity contribution in [2.75, 3.05) is 17.2 Å². The minimum absolute atomic E-state index is 0.588. The molecule has 2 N–H and O–H groups in total. The van der Waals surface area contributed by atoms with Crippen LogP contribution in [0.5, 0.6) is 0 Å². The largest absolute Gasteiger partial charge is 0.396 e. The predicted octanol–water partition coefficient (Wildman–Crippen LogP) is 3.94. The fourth-order valence-corrected chi connectivity index (χ4v) is 3.01. The zero-order chi connectivity index (χ0) is 14.5. The number of anilines is 2. The highest BCUT2D eigenvalue weighted by atomic mass is 15.2. The Morgan fingerprint density at radius 1 is 1.35 bits per heavy atom. The number of nitriles is 1. The van der Waals surface area contributed by atoms with Crippen LogP contribution in [0.2, 0.25) is 0 Å². The van der Waals surface area contributed by atoms with Gasteiger partial charge in [-0.2, -0.15) is 5.26 Å². The van der Waals surface area contributed by atoms with Crippen LogP contribution in [0.1, 0.15) is 51.5 Å². The molecule has 1 aliphatic carbocycles. The number of hydrogen-bond acceptors (Lipinski definition) is 3. The quantitative estimate of drug-likeness (QED) is 0.825. The van der Waals surface area contributed by atoms with Gasteiger partial charge in [-0.1, -0.05) is 32.8 Å². The Labute approximate surface area is 122 Å². The molecule has 3 heteroatoms. The number of nitrogens with zero attached hydrogens (tertiary/aromatic N) is 2. The smallest absolute Gasteiger partial charge is 0.101 e. The Hall–Kier alpha value is -1.69. The summed E-state index contributed by atoms with van der Waals surface area (Å²) in [5.41, 5.74) is 8.49. The van der Waals surface area contributed by atoms with E-state index in [9.17, 15) is 0 Å². The summed E-state index contributed by atoms with van der Waals surface area (Å²) in [4.78, 5) is 2.45. The van der Waals surface area contributed by atoms with Gasteiger partial charge in [0.1, 0.15) is 6.07 Å². The first kappa shape index (κ1) is 14.7. The number of hydrogen-bond donors (Lipinski definition) is 1. The van der Waals surface area contributed by atoms with Gasteiger partial charge in [-0.15, -0.1) is 0 Å². The van der Waals surface area contributed by atoms with Crippen molar-refractivity contribution in [1.82, 2.24) is 0 Å². The van der Waals surface area contributed by atoms with Crippen molar-refractivity contribution in [3.8, 4) is 6.07 Å². The van der Waals surface area contributed by atoms with Gasteiger partial charge in [-0.3, -0.25) is 0 Å². The van der Waals surface area contributed by atoms with Crippen LogP contribution < -0.4 is 10.6 Å². The molecule has 0 amide bonds. The molecule has 0 unspecified atom stereocenters. The van der Waals surface area contributed by atoms with Gasteiger partial charge in [0.15, 0.2) is 0 Å². The minimum Gasteiger partial charge on any atom is -0.396 e. The third-order valence-corrected chi connectivity index (χ3v) is 4.23. The van der Waals surface area contributed by atoms with Gasteiger partial charge in [0.2, 0.25) is 0 Å². The van der Waals surface area contributed by atoms with E-state index in [2.05, 4.69) is 30.9 Å². The van der Waals surface area contributed by atoms with Gasteiger partial charge < -0.3 is 10.6 Å². The van der Waals surface area contributed by atoms with Gasteiger partial charge in [-0.05, 0) is 37.3 Å². The second-order valence-corrected chi connectivity index (χ2v) is 6.16. The molecule has 1 aliphatic rings. The van der Waals surface area contributed by atoms with Crippen molar-refractivity contribution in [2.45, 2.75) is 52.0 Å². The Kier molecular flexibility index (Phi) is 4.89. The minimum atomic E-state index is 0.588. The lowest BCUT2D eigenvalue weighted by atomic mass is 10.1. The molecule has 0 saturated heterocycles. The summed E-state index contributed by atoms with van der Waals surface area (Å²) in [7, 11) is 0. The average molecular weight is 271 g/mol. The third-order valence-electron chi connectivity index (χ3n) is 4.23. The van der Waals surface area contributed by atoms with Crippen molar-refractivity contribution in [1.29, 1.82) is 5.26 Å². The first-order valence-corrected chi connectivity index (χ1v) is 7.68. The van der Waals surface area contributed by atoms with E-state index in [1.165, 1.54) is 25.7 Å². The van der Waals surface area contributed by atoms with Crippen molar-refractivity contribution in [3.05, 3.63) is 23.8 Å². The van der Waals surface area contributed by atoms with E-state index in [1.807, 2.05) is 6.07 Å². The van der Waals surface area contributed by atoms with Gasteiger partial charge in [0.25, 0.3) is 0 Å². The molecule has 2 rings (SSSR count). The molecule has 0 heterocycles. The summed E-state index contributed by atoms with van der Waals surface area (Å²) in [6.45, 7) is 5.53. The maximum Gasteiger partial charge on any atom is 0.101 e. The third kappa shape index (κ3) is 3.25. The number of rotatable bonds is 5. The molecule has 0 atom stereocenters. The Morgan fingerprint density at radius 2 is 2.05 bits per heavy atom. The topological polar surface area (TPSA) is 53.0 Å². The molecule has 20 heavy (non-hydrogen) atoms. The predicted molar refractivity (Wildman–Crippen MR) is 84.6 cm³/mol. The summed E-state index contributed by atoms with van der Waals surface area (Å²) in [6, 6.07) is 8.59. The number of benzene rings is 1. The standard InChI is InChI=1S/C17H25N3/c1-13(2)10-11-20(15-7-3-4-8-15)16-9-5-6-14(12-18)17(16)19/h5-6,9,13,15H,3-4,7-8,10-11,19H2,1-2H3. The Balaban J connectivity index is 2.28. The van der Waals surface area contributed by atoms with E-state index < -0.39 is 0 Å². The highest BCUT2D eigenvalue weighted by Gasteiger charge is 2.24. The molecule has 1 aromatic rings. The first-order valence-electron chi connectivity index (χ1n) is 7.68. The maximum absolute atomic E-state index is 9.16. The van der Waals surface area contributed by atoms with E-state index in [-0.39, 0.29) is 0 Å². The summed E-state index contributed by atoms with van der Waals surface area (Å²) in [5, 5.41) is 9.16. The van der Waals surface area contributed by atoms with Crippen molar-refractivity contribution in [2.24, 2.45) is 5.92 Å². The van der Waals surface area contributed by atoms with Crippen molar-refractivity contribution >= 4 is 11.4 Å². The van der Waals surface area contributed by atoms with E-state index in [1.54, 1.807) is 6.07 Å². The van der Waals surface area contributed by atoms with Crippen LogP contribution in [-0.4, -0.2) is 12.6 Å². The van der Waals surface area contributed by atoms with E-state index in [4.69, 9.17) is 11.0 Å². The second kappa shape index (κ2) is 6.65. The molecule has 0 aromatic heterocycles. The van der Waals surface area contributed by atoms with Crippen molar-refractivity contribution in [3.63, 3.8) is 0 Å². The normalized spacial score (nSPS) is 15.5. The summed E-state index contributed by atoms with van der Waals surface area (Å²) in [6.07, 6.45) is 6.26. The van der Waals surface area contributed by atoms with Gasteiger partial charge in [0, 0.05) is 12.6 Å². The average Bonchev–Trinajstić information content (AvgIpc) is 2.94. The molecule has 1 fully saturated rings. The van der Waals surface area contributed by atoms with Crippen LogP contribution in [-0.2, 0) is 0 Å². The number of nitrogens with two attached hydrogens (primary N) is 1. The SMILES string of the molecule is CC(C)CCN(c1cccc(C#N)c1N)C1CCCC1. The summed E-state index contributed by atoms with van der Waals surface area (Å²) < 4.78 is 0. The molecule has 0 bridgehead atoms. The van der Waals surface area contributed by atoms with E-state index in [0.29, 0.717) is 23.2 Å².